The Morgan fingerprint density at radius 3 is 2.70 bits per heavy atom. The molecule has 0 saturated carbocycles. The van der Waals surface area contributed by atoms with Gasteiger partial charge in [0.25, 0.3) is 0 Å². The normalized spacial score (nSPS) is 40.4. The molecule has 168 valence electrons. The lowest BCUT2D eigenvalue weighted by Crippen LogP contribution is -2.55. The first kappa shape index (κ1) is 23.5. The average Bonchev–Trinajstić information content (AvgIpc) is 3.05. The molecule has 2 heterocycles. The van der Waals surface area contributed by atoms with Gasteiger partial charge in [0.15, 0.2) is 11.9 Å². The van der Waals surface area contributed by atoms with Crippen LogP contribution in [-0.2, 0) is 19.0 Å². The van der Waals surface area contributed by atoms with Crippen LogP contribution in [0.3, 0.4) is 0 Å². The van der Waals surface area contributed by atoms with Crippen LogP contribution in [-0.4, -0.2) is 52.3 Å². The fraction of sp³-hybridized carbons (Fsp3) is 0.696. The lowest BCUT2D eigenvalue weighted by atomic mass is 9.75. The van der Waals surface area contributed by atoms with E-state index in [0.29, 0.717) is 17.3 Å². The van der Waals surface area contributed by atoms with Gasteiger partial charge >= 0.3 is 0 Å². The Morgan fingerprint density at radius 1 is 1.37 bits per heavy atom. The molecule has 1 aliphatic carbocycles. The lowest BCUT2D eigenvalue weighted by molar-refractivity contribution is -0.150. The van der Waals surface area contributed by atoms with Crippen molar-refractivity contribution in [1.29, 1.82) is 0 Å². The van der Waals surface area contributed by atoms with Crippen molar-refractivity contribution in [3.8, 4) is 0 Å². The van der Waals surface area contributed by atoms with Gasteiger partial charge in [-0.05, 0) is 50.0 Å². The first-order valence-electron chi connectivity index (χ1n) is 10.8. The van der Waals surface area contributed by atoms with E-state index < -0.39 is 29.0 Å². The van der Waals surface area contributed by atoms with Crippen LogP contribution in [0.1, 0.15) is 53.9 Å². The molecule has 7 atom stereocenters. The van der Waals surface area contributed by atoms with Crippen LogP contribution in [0.2, 0.25) is 0 Å². The van der Waals surface area contributed by atoms with Crippen LogP contribution >= 0.6 is 11.6 Å². The predicted octanol–water partition coefficient (Wildman–Crippen LogP) is 3.61. The van der Waals surface area contributed by atoms with Crippen molar-refractivity contribution in [2.24, 2.45) is 11.8 Å². The van der Waals surface area contributed by atoms with Crippen molar-refractivity contribution in [2.45, 2.75) is 83.6 Å². The van der Waals surface area contributed by atoms with Crippen molar-refractivity contribution >= 4 is 17.4 Å². The summed E-state index contributed by atoms with van der Waals surface area (Å²) in [7, 11) is 0. The number of fused-ring (bicyclic) bond motifs is 1. The number of carbonyl (C=O) groups is 1. The summed E-state index contributed by atoms with van der Waals surface area (Å²) in [4.78, 5) is 12.4. The standard InChI is InChI=1S/C23H33ClO6/c1-6-8-17-29-21(13(3)7-2)22(4,30-17)10-9-14-11-15-16(12-28-14)19(25)23(5,27)20(26)18(15)24/h9-11,13,16-17,19,21,25,27H,6-8,12H2,1-5H3. The molecule has 3 aliphatic rings. The van der Waals surface area contributed by atoms with E-state index in [1.807, 2.05) is 19.1 Å². The molecular weight excluding hydrogens is 408 g/mol. The van der Waals surface area contributed by atoms with E-state index in [2.05, 4.69) is 20.8 Å². The average molecular weight is 441 g/mol. The summed E-state index contributed by atoms with van der Waals surface area (Å²) in [5.74, 6) is -0.404. The van der Waals surface area contributed by atoms with E-state index in [1.54, 1.807) is 6.08 Å². The Labute approximate surface area is 183 Å². The number of halogens is 1. The molecule has 0 aromatic carbocycles. The van der Waals surface area contributed by atoms with E-state index in [4.69, 9.17) is 25.8 Å². The predicted molar refractivity (Wildman–Crippen MR) is 114 cm³/mol. The summed E-state index contributed by atoms with van der Waals surface area (Å²) in [5, 5.41) is 20.7. The van der Waals surface area contributed by atoms with E-state index >= 15 is 0 Å². The molecule has 7 unspecified atom stereocenters. The van der Waals surface area contributed by atoms with Gasteiger partial charge in [-0.25, -0.2) is 0 Å². The van der Waals surface area contributed by atoms with Crippen molar-refractivity contribution < 1.29 is 29.2 Å². The van der Waals surface area contributed by atoms with Gasteiger partial charge in [0.2, 0.25) is 5.78 Å². The summed E-state index contributed by atoms with van der Waals surface area (Å²) in [6.07, 6.45) is 6.59. The second-order valence-electron chi connectivity index (χ2n) is 8.95. The van der Waals surface area contributed by atoms with E-state index in [9.17, 15) is 15.0 Å². The number of aliphatic hydroxyl groups excluding tert-OH is 1. The molecule has 0 radical (unpaired) electrons. The number of rotatable bonds is 6. The van der Waals surface area contributed by atoms with E-state index in [0.717, 1.165) is 19.3 Å². The van der Waals surface area contributed by atoms with Crippen LogP contribution in [0.4, 0.5) is 0 Å². The van der Waals surface area contributed by atoms with Crippen molar-refractivity contribution in [3.63, 3.8) is 0 Å². The van der Waals surface area contributed by atoms with Crippen LogP contribution in [0.25, 0.3) is 0 Å². The number of hydrogen-bond donors (Lipinski definition) is 2. The highest BCUT2D eigenvalue weighted by molar-refractivity contribution is 6.44. The Balaban J connectivity index is 1.87. The molecule has 0 aromatic heterocycles. The molecule has 30 heavy (non-hydrogen) atoms. The fourth-order valence-electron chi connectivity index (χ4n) is 4.37. The molecule has 2 N–H and O–H groups in total. The summed E-state index contributed by atoms with van der Waals surface area (Å²) < 4.78 is 18.2. The molecule has 0 amide bonds. The third kappa shape index (κ3) is 4.13. The smallest absolute Gasteiger partial charge is 0.208 e. The maximum absolute atomic E-state index is 12.4. The number of Topliss-reactive ketones (excluding diaryl/α,β-unsaturated/α-hetero) is 1. The van der Waals surface area contributed by atoms with Gasteiger partial charge in [-0.1, -0.05) is 45.2 Å². The van der Waals surface area contributed by atoms with Crippen LogP contribution in [0, 0.1) is 11.8 Å². The lowest BCUT2D eigenvalue weighted by Gasteiger charge is -2.40. The third-order valence-electron chi connectivity index (χ3n) is 6.51. The molecule has 3 rings (SSSR count). The van der Waals surface area contributed by atoms with Crippen molar-refractivity contribution in [3.05, 3.63) is 34.6 Å². The number of hydrogen-bond acceptors (Lipinski definition) is 6. The summed E-state index contributed by atoms with van der Waals surface area (Å²) in [6.45, 7) is 9.79. The largest absolute Gasteiger partial charge is 0.493 e. The first-order valence-corrected chi connectivity index (χ1v) is 11.1. The van der Waals surface area contributed by atoms with E-state index in [1.165, 1.54) is 6.92 Å². The van der Waals surface area contributed by atoms with Gasteiger partial charge in [-0.15, -0.1) is 0 Å². The topological polar surface area (TPSA) is 85.2 Å². The molecule has 2 aliphatic heterocycles. The number of carbonyl (C=O) groups excluding carboxylic acids is 1. The Morgan fingerprint density at radius 2 is 2.07 bits per heavy atom. The number of ether oxygens (including phenoxy) is 3. The maximum Gasteiger partial charge on any atom is 0.208 e. The molecule has 1 fully saturated rings. The zero-order valence-corrected chi connectivity index (χ0v) is 19.1. The van der Waals surface area contributed by atoms with Crippen LogP contribution < -0.4 is 0 Å². The second-order valence-corrected chi connectivity index (χ2v) is 9.33. The summed E-state index contributed by atoms with van der Waals surface area (Å²) in [5.41, 5.74) is -2.04. The summed E-state index contributed by atoms with van der Waals surface area (Å²) >= 11 is 6.24. The second kappa shape index (κ2) is 8.75. The number of aliphatic hydroxyl groups is 2. The van der Waals surface area contributed by atoms with Gasteiger partial charge in [0.1, 0.15) is 17.5 Å². The SMILES string of the molecule is CCCC1OC(C(C)CC)C(C)(C=CC2=CC3=C(Cl)C(=O)C(C)(O)C(O)C3CO2)O1. The zero-order chi connectivity index (χ0) is 22.3. The quantitative estimate of drug-likeness (QED) is 0.656. The molecule has 7 heteroatoms. The summed E-state index contributed by atoms with van der Waals surface area (Å²) in [6, 6.07) is 0. The Kier molecular flexibility index (Phi) is 6.85. The first-order chi connectivity index (χ1) is 14.0. The maximum atomic E-state index is 12.4. The molecular formula is C23H33ClO6. The van der Waals surface area contributed by atoms with Crippen LogP contribution in [0.5, 0.6) is 0 Å². The van der Waals surface area contributed by atoms with E-state index in [-0.39, 0.29) is 24.0 Å². The molecule has 6 nitrogen and oxygen atoms in total. The van der Waals surface area contributed by atoms with Gasteiger partial charge in [0.05, 0.1) is 17.7 Å². The fourth-order valence-corrected chi connectivity index (χ4v) is 4.76. The number of allylic oxidation sites excluding steroid dienone is 2. The highest BCUT2D eigenvalue weighted by Crippen LogP contribution is 2.41. The van der Waals surface area contributed by atoms with Crippen molar-refractivity contribution in [1.82, 2.24) is 0 Å². The highest BCUT2D eigenvalue weighted by atomic mass is 35.5. The molecule has 0 bridgehead atoms. The molecule has 0 spiro atoms. The van der Waals surface area contributed by atoms with Crippen molar-refractivity contribution in [2.75, 3.05) is 6.61 Å². The minimum absolute atomic E-state index is 0.0587. The van der Waals surface area contributed by atoms with Crippen LogP contribution in [0.15, 0.2) is 34.6 Å². The molecule has 1 saturated heterocycles. The Bertz CT molecular complexity index is 770. The molecule has 0 aromatic rings. The van der Waals surface area contributed by atoms with Gasteiger partial charge in [0, 0.05) is 5.92 Å². The zero-order valence-electron chi connectivity index (χ0n) is 18.4. The number of ketones is 1. The van der Waals surface area contributed by atoms with Gasteiger partial charge in [-0.3, -0.25) is 4.79 Å². The highest BCUT2D eigenvalue weighted by Gasteiger charge is 2.51. The minimum Gasteiger partial charge on any atom is -0.493 e. The minimum atomic E-state index is -1.92. The van der Waals surface area contributed by atoms with Gasteiger partial charge in [-0.2, -0.15) is 0 Å². The third-order valence-corrected chi connectivity index (χ3v) is 6.90. The van der Waals surface area contributed by atoms with Gasteiger partial charge < -0.3 is 24.4 Å². The monoisotopic (exact) mass is 440 g/mol. The Hall–Kier alpha value is -1.18.